The second-order valence-electron chi connectivity index (χ2n) is 2.36. The van der Waals surface area contributed by atoms with Crippen LogP contribution in [0, 0.1) is 5.82 Å². The van der Waals surface area contributed by atoms with Crippen LogP contribution in [-0.4, -0.2) is 5.51 Å². The lowest BCUT2D eigenvalue weighted by Gasteiger charge is -2.04. The Bertz CT molecular complexity index is 264. The van der Waals surface area contributed by atoms with E-state index >= 15 is 0 Å². The topological polar surface area (TPSA) is 0 Å². The van der Waals surface area contributed by atoms with Crippen molar-refractivity contribution in [1.29, 1.82) is 0 Å². The maximum atomic E-state index is 12.3. The lowest BCUT2D eigenvalue weighted by Crippen LogP contribution is -2.00. The number of halogens is 4. The summed E-state index contributed by atoms with van der Waals surface area (Å²) in [5.41, 5.74) is -3.77. The predicted molar refractivity (Wildman–Crippen MR) is 43.8 cm³/mol. The highest BCUT2D eigenvalue weighted by Crippen LogP contribution is 2.32. The van der Waals surface area contributed by atoms with E-state index < -0.39 is 11.3 Å². The molecule has 0 saturated carbocycles. The molecular weight excluding hydrogens is 204 g/mol. The summed E-state index contributed by atoms with van der Waals surface area (Å²) in [6.45, 7) is 0. The third kappa shape index (κ3) is 4.17. The first kappa shape index (κ1) is 10.4. The van der Waals surface area contributed by atoms with E-state index in [9.17, 15) is 17.6 Å². The van der Waals surface area contributed by atoms with E-state index in [0.29, 0.717) is 5.56 Å². The van der Waals surface area contributed by atoms with Gasteiger partial charge >= 0.3 is 5.51 Å². The molecule has 5 heteroatoms. The summed E-state index contributed by atoms with van der Waals surface area (Å²) in [4.78, 5) is 0. The van der Waals surface area contributed by atoms with E-state index in [1.165, 1.54) is 12.1 Å². The fourth-order valence-electron chi connectivity index (χ4n) is 0.746. The zero-order valence-electron chi connectivity index (χ0n) is 6.44. The highest BCUT2D eigenvalue weighted by molar-refractivity contribution is 7.99. The molecule has 0 aliphatic rings. The van der Waals surface area contributed by atoms with Gasteiger partial charge in [-0.25, -0.2) is 4.39 Å². The number of benzene rings is 1. The molecule has 0 bridgehead atoms. The van der Waals surface area contributed by atoms with E-state index in [-0.39, 0.29) is 17.5 Å². The Kier molecular flexibility index (Phi) is 3.19. The van der Waals surface area contributed by atoms with Crippen LogP contribution in [0.5, 0.6) is 0 Å². The minimum absolute atomic E-state index is 0.130. The standard InChI is InChI=1S/C8H6F4S/c9-7-3-1-6(2-4-7)5-13-8(10,11)12/h1-4H,5H2. The minimum Gasteiger partial charge on any atom is -0.207 e. The van der Waals surface area contributed by atoms with Crippen LogP contribution in [0.2, 0.25) is 0 Å². The molecule has 0 atom stereocenters. The smallest absolute Gasteiger partial charge is 0.207 e. The maximum absolute atomic E-state index is 12.3. The molecule has 0 amide bonds. The molecule has 0 unspecified atom stereocenters. The van der Waals surface area contributed by atoms with Gasteiger partial charge in [-0.15, -0.1) is 0 Å². The number of hydrogen-bond acceptors (Lipinski definition) is 1. The van der Waals surface area contributed by atoms with Crippen molar-refractivity contribution < 1.29 is 17.6 Å². The first-order chi connectivity index (χ1) is 5.97. The fourth-order valence-corrected chi connectivity index (χ4v) is 1.27. The summed E-state index contributed by atoms with van der Waals surface area (Å²) in [6, 6.07) is 4.97. The predicted octanol–water partition coefficient (Wildman–Crippen LogP) is 3.58. The summed E-state index contributed by atoms with van der Waals surface area (Å²) >= 11 is -0.130. The van der Waals surface area contributed by atoms with Crippen molar-refractivity contribution in [2.75, 3.05) is 0 Å². The normalized spacial score (nSPS) is 11.7. The summed E-state index contributed by atoms with van der Waals surface area (Å²) in [5.74, 6) is -0.621. The molecule has 13 heavy (non-hydrogen) atoms. The van der Waals surface area contributed by atoms with E-state index in [1.54, 1.807) is 0 Å². The van der Waals surface area contributed by atoms with Crippen LogP contribution in [-0.2, 0) is 5.75 Å². The van der Waals surface area contributed by atoms with Crippen LogP contribution in [0.3, 0.4) is 0 Å². The van der Waals surface area contributed by atoms with Crippen LogP contribution in [0.15, 0.2) is 24.3 Å². The Morgan fingerprint density at radius 1 is 1.08 bits per heavy atom. The SMILES string of the molecule is Fc1ccc(CSC(F)(F)F)cc1. The quantitative estimate of drug-likeness (QED) is 0.672. The maximum Gasteiger partial charge on any atom is 0.442 e. The minimum atomic E-state index is -4.23. The van der Waals surface area contributed by atoms with Gasteiger partial charge in [-0.2, -0.15) is 13.2 Å². The summed E-state index contributed by atoms with van der Waals surface area (Å²) in [5, 5.41) is 0. The Labute approximate surface area is 76.9 Å². The van der Waals surface area contributed by atoms with Crippen molar-refractivity contribution in [3.8, 4) is 0 Å². The zero-order chi connectivity index (χ0) is 9.90. The third-order valence-electron chi connectivity index (χ3n) is 1.32. The van der Waals surface area contributed by atoms with Gasteiger partial charge in [0.1, 0.15) is 5.82 Å². The van der Waals surface area contributed by atoms with E-state index in [4.69, 9.17) is 0 Å². The largest absolute Gasteiger partial charge is 0.442 e. The molecule has 0 spiro atoms. The van der Waals surface area contributed by atoms with Gasteiger partial charge < -0.3 is 0 Å². The van der Waals surface area contributed by atoms with Gasteiger partial charge in [0.15, 0.2) is 0 Å². The Hall–Kier alpha value is -0.710. The Balaban J connectivity index is 2.51. The van der Waals surface area contributed by atoms with Crippen molar-refractivity contribution in [3.05, 3.63) is 35.6 Å². The molecule has 0 aliphatic carbocycles. The molecule has 1 rings (SSSR count). The van der Waals surface area contributed by atoms with E-state index in [2.05, 4.69) is 0 Å². The summed E-state index contributed by atoms with van der Waals surface area (Å²) < 4.78 is 47.5. The van der Waals surface area contributed by atoms with Crippen molar-refractivity contribution in [2.24, 2.45) is 0 Å². The molecule has 0 heterocycles. The fraction of sp³-hybridized carbons (Fsp3) is 0.250. The highest BCUT2D eigenvalue weighted by atomic mass is 32.2. The molecule has 1 aromatic rings. The average Bonchev–Trinajstić information content (AvgIpc) is 2.02. The van der Waals surface area contributed by atoms with Crippen molar-refractivity contribution in [2.45, 2.75) is 11.3 Å². The lowest BCUT2D eigenvalue weighted by molar-refractivity contribution is -0.0329. The van der Waals surface area contributed by atoms with Crippen molar-refractivity contribution >= 4 is 11.8 Å². The molecule has 0 nitrogen and oxygen atoms in total. The van der Waals surface area contributed by atoms with Crippen LogP contribution < -0.4 is 0 Å². The second-order valence-corrected chi connectivity index (χ2v) is 3.40. The van der Waals surface area contributed by atoms with Gasteiger partial charge in [-0.05, 0) is 29.5 Å². The Morgan fingerprint density at radius 3 is 2.08 bits per heavy atom. The van der Waals surface area contributed by atoms with Gasteiger partial charge in [0.05, 0.1) is 0 Å². The van der Waals surface area contributed by atoms with Crippen LogP contribution in [0.1, 0.15) is 5.56 Å². The zero-order valence-corrected chi connectivity index (χ0v) is 7.25. The van der Waals surface area contributed by atoms with Gasteiger partial charge in [0.2, 0.25) is 0 Å². The van der Waals surface area contributed by atoms with Crippen LogP contribution in [0.25, 0.3) is 0 Å². The molecular formula is C8H6F4S. The molecule has 0 saturated heterocycles. The second kappa shape index (κ2) is 4.00. The molecule has 0 aromatic heterocycles. The number of thioether (sulfide) groups is 1. The van der Waals surface area contributed by atoms with Gasteiger partial charge in [-0.3, -0.25) is 0 Å². The molecule has 72 valence electrons. The van der Waals surface area contributed by atoms with Gasteiger partial charge in [0.25, 0.3) is 0 Å². The molecule has 0 N–H and O–H groups in total. The van der Waals surface area contributed by atoms with Crippen molar-refractivity contribution in [1.82, 2.24) is 0 Å². The number of alkyl halides is 3. The van der Waals surface area contributed by atoms with Gasteiger partial charge in [-0.1, -0.05) is 12.1 Å². The number of hydrogen-bond donors (Lipinski definition) is 0. The third-order valence-corrected chi connectivity index (χ3v) is 2.12. The van der Waals surface area contributed by atoms with E-state index in [0.717, 1.165) is 12.1 Å². The highest BCUT2D eigenvalue weighted by Gasteiger charge is 2.27. The van der Waals surface area contributed by atoms with Crippen LogP contribution >= 0.6 is 11.8 Å². The van der Waals surface area contributed by atoms with E-state index in [1.807, 2.05) is 0 Å². The lowest BCUT2D eigenvalue weighted by atomic mass is 10.2. The summed E-state index contributed by atoms with van der Waals surface area (Å²) in [7, 11) is 0. The summed E-state index contributed by atoms with van der Waals surface area (Å²) in [6.07, 6.45) is 0. The molecule has 0 fully saturated rings. The monoisotopic (exact) mass is 210 g/mol. The van der Waals surface area contributed by atoms with Crippen molar-refractivity contribution in [3.63, 3.8) is 0 Å². The van der Waals surface area contributed by atoms with Crippen LogP contribution in [0.4, 0.5) is 17.6 Å². The Morgan fingerprint density at radius 2 is 1.62 bits per heavy atom. The first-order valence-electron chi connectivity index (χ1n) is 3.42. The average molecular weight is 210 g/mol. The van der Waals surface area contributed by atoms with Gasteiger partial charge in [0, 0.05) is 5.75 Å². The first-order valence-corrected chi connectivity index (χ1v) is 4.41. The number of rotatable bonds is 2. The molecule has 0 radical (unpaired) electrons. The molecule has 0 aliphatic heterocycles. The molecule has 1 aromatic carbocycles.